The maximum Gasteiger partial charge on any atom is 0.256 e. The molecule has 0 atom stereocenters. The number of phenolic OH excluding ortho intramolecular Hbond substituents is 1. The van der Waals surface area contributed by atoms with Gasteiger partial charge in [0.05, 0.1) is 11.4 Å². The zero-order chi connectivity index (χ0) is 15.4. The van der Waals surface area contributed by atoms with Crippen molar-refractivity contribution in [1.82, 2.24) is 0 Å². The number of anilines is 1. The maximum atomic E-state index is 12.3. The second-order valence-corrected chi connectivity index (χ2v) is 4.63. The van der Waals surface area contributed by atoms with Gasteiger partial charge < -0.3 is 15.6 Å². The first kappa shape index (κ1) is 14.6. The van der Waals surface area contributed by atoms with Crippen molar-refractivity contribution in [3.8, 4) is 5.75 Å². The lowest BCUT2D eigenvalue weighted by Gasteiger charge is -2.12. The Kier molecular flexibility index (Phi) is 4.23. The van der Waals surface area contributed by atoms with E-state index in [1.807, 2.05) is 0 Å². The second kappa shape index (κ2) is 6.09. The van der Waals surface area contributed by atoms with Gasteiger partial charge in [-0.2, -0.15) is 0 Å². The second-order valence-electron chi connectivity index (χ2n) is 4.63. The van der Waals surface area contributed by atoms with Crippen LogP contribution in [0.15, 0.2) is 47.6 Å². The lowest BCUT2D eigenvalue weighted by Crippen LogP contribution is -2.15. The van der Waals surface area contributed by atoms with Crippen molar-refractivity contribution in [2.24, 2.45) is 5.16 Å². The van der Waals surface area contributed by atoms with Crippen LogP contribution in [0.4, 0.5) is 5.69 Å². The highest BCUT2D eigenvalue weighted by atomic mass is 16.4. The number of phenols is 1. The lowest BCUT2D eigenvalue weighted by atomic mass is 10.1. The van der Waals surface area contributed by atoms with E-state index in [0.717, 1.165) is 0 Å². The van der Waals surface area contributed by atoms with Crippen molar-refractivity contribution in [1.29, 1.82) is 0 Å². The Morgan fingerprint density at radius 3 is 2.48 bits per heavy atom. The zero-order valence-electron chi connectivity index (χ0n) is 11.8. The van der Waals surface area contributed by atoms with Crippen LogP contribution in [0.1, 0.15) is 28.4 Å². The molecule has 5 nitrogen and oxygen atoms in total. The maximum absolute atomic E-state index is 12.3. The summed E-state index contributed by atoms with van der Waals surface area (Å²) in [4.78, 5) is 12.3. The molecule has 2 aromatic rings. The fourth-order valence-corrected chi connectivity index (χ4v) is 2.02. The third-order valence-electron chi connectivity index (χ3n) is 3.26. The van der Waals surface area contributed by atoms with Crippen LogP contribution >= 0.6 is 0 Å². The summed E-state index contributed by atoms with van der Waals surface area (Å²) < 4.78 is 0. The van der Waals surface area contributed by atoms with Crippen molar-refractivity contribution in [3.63, 3.8) is 0 Å². The van der Waals surface area contributed by atoms with E-state index < -0.39 is 0 Å². The van der Waals surface area contributed by atoms with Gasteiger partial charge in [0.2, 0.25) is 0 Å². The Bertz CT molecular complexity index is 708. The van der Waals surface area contributed by atoms with Crippen molar-refractivity contribution in [2.75, 3.05) is 5.32 Å². The van der Waals surface area contributed by atoms with Gasteiger partial charge in [-0.3, -0.25) is 4.79 Å². The van der Waals surface area contributed by atoms with Crippen LogP contribution in [0.2, 0.25) is 0 Å². The van der Waals surface area contributed by atoms with Gasteiger partial charge in [-0.25, -0.2) is 0 Å². The Hall–Kier alpha value is -2.82. The first-order valence-electron chi connectivity index (χ1n) is 6.42. The normalized spacial score (nSPS) is 11.2. The molecule has 0 saturated heterocycles. The van der Waals surface area contributed by atoms with Crippen LogP contribution in [0.5, 0.6) is 5.75 Å². The average molecular weight is 284 g/mol. The van der Waals surface area contributed by atoms with Crippen molar-refractivity contribution in [2.45, 2.75) is 13.8 Å². The van der Waals surface area contributed by atoms with E-state index in [1.165, 1.54) is 6.07 Å². The molecule has 0 saturated carbocycles. The van der Waals surface area contributed by atoms with E-state index in [2.05, 4.69) is 10.5 Å². The molecule has 2 aromatic carbocycles. The number of hydrogen-bond donors (Lipinski definition) is 3. The van der Waals surface area contributed by atoms with E-state index in [9.17, 15) is 9.90 Å². The number of carbonyl (C=O) groups is 1. The molecule has 3 N–H and O–H groups in total. The molecule has 0 spiro atoms. The topological polar surface area (TPSA) is 81.9 Å². The quantitative estimate of drug-likeness (QED) is 0.460. The third-order valence-corrected chi connectivity index (χ3v) is 3.26. The van der Waals surface area contributed by atoms with E-state index in [4.69, 9.17) is 5.21 Å². The predicted octanol–water partition coefficient (Wildman–Crippen LogP) is 3.15. The summed E-state index contributed by atoms with van der Waals surface area (Å²) in [7, 11) is 0. The van der Waals surface area contributed by atoms with Gasteiger partial charge in [-0.05, 0) is 32.0 Å². The smallest absolute Gasteiger partial charge is 0.256 e. The van der Waals surface area contributed by atoms with Crippen LogP contribution in [-0.2, 0) is 0 Å². The first-order valence-corrected chi connectivity index (χ1v) is 6.42. The average Bonchev–Trinajstić information content (AvgIpc) is 2.49. The van der Waals surface area contributed by atoms with Gasteiger partial charge in [0.1, 0.15) is 5.75 Å². The van der Waals surface area contributed by atoms with Gasteiger partial charge in [0, 0.05) is 16.7 Å². The summed E-state index contributed by atoms with van der Waals surface area (Å²) in [5.74, 6) is -0.259. The summed E-state index contributed by atoms with van der Waals surface area (Å²) in [5, 5.41) is 24.5. The molecule has 0 aliphatic carbocycles. The number of nitrogens with one attached hydrogen (secondary N) is 1. The largest absolute Gasteiger partial charge is 0.508 e. The minimum atomic E-state index is -0.332. The molecule has 0 aliphatic rings. The monoisotopic (exact) mass is 284 g/mol. The summed E-state index contributed by atoms with van der Waals surface area (Å²) >= 11 is 0. The van der Waals surface area contributed by atoms with E-state index >= 15 is 0 Å². The van der Waals surface area contributed by atoms with Gasteiger partial charge in [0.25, 0.3) is 5.91 Å². The molecule has 21 heavy (non-hydrogen) atoms. The molecule has 0 bridgehead atoms. The minimum absolute atomic E-state index is 0.0732. The van der Waals surface area contributed by atoms with Gasteiger partial charge in [-0.15, -0.1) is 0 Å². The number of hydrogen-bond acceptors (Lipinski definition) is 4. The Balaban J connectivity index is 2.35. The summed E-state index contributed by atoms with van der Waals surface area (Å²) in [5.41, 5.74) is 2.48. The standard InChI is InChI=1S/C16H16N2O3/c1-10-12(7-5-9-15(10)19)16(20)17-14-8-4-3-6-13(14)11(2)18-21/h3-9,19,21H,1-2H3,(H,17,20)/b18-11-. The number of benzene rings is 2. The van der Waals surface area contributed by atoms with Crippen molar-refractivity contribution >= 4 is 17.3 Å². The van der Waals surface area contributed by atoms with E-state index in [0.29, 0.717) is 28.1 Å². The number of oxime groups is 1. The highest BCUT2D eigenvalue weighted by Gasteiger charge is 2.14. The SMILES string of the molecule is C/C(=N/O)c1ccccc1NC(=O)c1cccc(O)c1C. The van der Waals surface area contributed by atoms with Crippen LogP contribution < -0.4 is 5.32 Å². The minimum Gasteiger partial charge on any atom is -0.508 e. The molecule has 0 radical (unpaired) electrons. The van der Waals surface area contributed by atoms with Crippen LogP contribution in [0.3, 0.4) is 0 Å². The molecule has 0 aromatic heterocycles. The molecular formula is C16H16N2O3. The van der Waals surface area contributed by atoms with Crippen molar-refractivity contribution in [3.05, 3.63) is 59.2 Å². The molecule has 1 amide bonds. The molecular weight excluding hydrogens is 268 g/mol. The molecule has 0 fully saturated rings. The number of para-hydroxylation sites is 1. The highest BCUT2D eigenvalue weighted by Crippen LogP contribution is 2.22. The van der Waals surface area contributed by atoms with Crippen LogP contribution in [0.25, 0.3) is 0 Å². The van der Waals surface area contributed by atoms with E-state index in [1.54, 1.807) is 50.2 Å². The fourth-order valence-electron chi connectivity index (χ4n) is 2.02. The number of rotatable bonds is 3. The molecule has 0 aliphatic heterocycles. The van der Waals surface area contributed by atoms with Gasteiger partial charge in [0.15, 0.2) is 0 Å². The summed E-state index contributed by atoms with van der Waals surface area (Å²) in [6.45, 7) is 3.32. The highest BCUT2D eigenvalue weighted by molar-refractivity contribution is 6.10. The van der Waals surface area contributed by atoms with Crippen LogP contribution in [0, 0.1) is 6.92 Å². The number of carbonyl (C=O) groups excluding carboxylic acids is 1. The van der Waals surface area contributed by atoms with E-state index in [-0.39, 0.29) is 11.7 Å². The summed E-state index contributed by atoms with van der Waals surface area (Å²) in [6, 6.07) is 11.8. The molecule has 2 rings (SSSR count). The lowest BCUT2D eigenvalue weighted by molar-refractivity contribution is 0.102. The third kappa shape index (κ3) is 3.02. The first-order chi connectivity index (χ1) is 10.0. The fraction of sp³-hybridized carbons (Fsp3) is 0.125. The molecule has 0 unspecified atom stereocenters. The zero-order valence-corrected chi connectivity index (χ0v) is 11.8. The molecule has 5 heteroatoms. The predicted molar refractivity (Wildman–Crippen MR) is 81.2 cm³/mol. The number of amides is 1. The summed E-state index contributed by atoms with van der Waals surface area (Å²) in [6.07, 6.45) is 0. The van der Waals surface area contributed by atoms with Gasteiger partial charge >= 0.3 is 0 Å². The van der Waals surface area contributed by atoms with Crippen LogP contribution in [-0.4, -0.2) is 21.9 Å². The molecule has 108 valence electrons. The Morgan fingerprint density at radius 1 is 1.10 bits per heavy atom. The number of aromatic hydroxyl groups is 1. The number of nitrogens with zero attached hydrogens (tertiary/aromatic N) is 1. The Morgan fingerprint density at radius 2 is 1.76 bits per heavy atom. The molecule has 0 heterocycles. The van der Waals surface area contributed by atoms with Crippen molar-refractivity contribution < 1.29 is 15.1 Å². The van der Waals surface area contributed by atoms with Gasteiger partial charge in [-0.1, -0.05) is 29.4 Å². The Labute approximate surface area is 122 Å².